The van der Waals surface area contributed by atoms with E-state index in [1.165, 1.54) is 16.9 Å². The van der Waals surface area contributed by atoms with Crippen LogP contribution in [0.25, 0.3) is 0 Å². The molecular weight excluding hydrogens is 416 g/mol. The van der Waals surface area contributed by atoms with Crippen LogP contribution in [0.1, 0.15) is 51.4 Å². The van der Waals surface area contributed by atoms with Gasteiger partial charge in [0.2, 0.25) is 0 Å². The zero-order valence-electron chi connectivity index (χ0n) is 16.9. The van der Waals surface area contributed by atoms with E-state index in [1.54, 1.807) is 6.07 Å². The first kappa shape index (κ1) is 22.6. The van der Waals surface area contributed by atoms with Crippen LogP contribution in [0.2, 0.25) is 0 Å². The summed E-state index contributed by atoms with van der Waals surface area (Å²) in [5.74, 6) is 5.67. The van der Waals surface area contributed by atoms with E-state index in [4.69, 9.17) is 16.7 Å². The van der Waals surface area contributed by atoms with E-state index in [1.807, 2.05) is 24.3 Å². The summed E-state index contributed by atoms with van der Waals surface area (Å²) < 4.78 is 0. The van der Waals surface area contributed by atoms with Gasteiger partial charge in [-0.15, -0.1) is 29.5 Å². The van der Waals surface area contributed by atoms with Crippen molar-refractivity contribution in [2.45, 2.75) is 50.0 Å². The summed E-state index contributed by atoms with van der Waals surface area (Å²) in [5, 5.41) is 19.5. The van der Waals surface area contributed by atoms with E-state index >= 15 is 0 Å². The number of aryl methyl sites for hydroxylation is 2. The third kappa shape index (κ3) is 5.98. The summed E-state index contributed by atoms with van der Waals surface area (Å²) in [6, 6.07) is 11.7. The second-order valence-electron chi connectivity index (χ2n) is 7.77. The third-order valence-corrected chi connectivity index (χ3v) is 7.22. The first-order valence-electron chi connectivity index (χ1n) is 10.3. The van der Waals surface area contributed by atoms with Gasteiger partial charge in [0.15, 0.2) is 0 Å². The molecule has 0 aliphatic heterocycles. The van der Waals surface area contributed by atoms with Crippen LogP contribution in [0.15, 0.2) is 49.1 Å². The molecule has 0 unspecified atom stereocenters. The minimum absolute atomic E-state index is 0.0869. The van der Waals surface area contributed by atoms with Crippen molar-refractivity contribution in [1.29, 1.82) is 0 Å². The fourth-order valence-electron chi connectivity index (χ4n) is 4.01. The Balaban J connectivity index is 1.62. The Bertz CT molecular complexity index is 939. The molecule has 4 atom stereocenters. The Morgan fingerprint density at radius 2 is 2.13 bits per heavy atom. The van der Waals surface area contributed by atoms with Crippen LogP contribution in [-0.4, -0.2) is 27.7 Å². The Kier molecular flexibility index (Phi) is 8.16. The Hall–Kier alpha value is -2.06. The maximum absolute atomic E-state index is 11.0. The molecule has 1 fully saturated rings. The van der Waals surface area contributed by atoms with Crippen LogP contribution in [0.3, 0.4) is 0 Å². The SMILES string of the molecule is C=CCCc1cccc(C#C[C@@H]2[C@@H](CCCc3ccc(C(=O)O)s3)[C@H](Cl)C[C@H]2O)c1. The number of alkyl halides is 1. The number of hydrogen-bond acceptors (Lipinski definition) is 3. The molecule has 5 heteroatoms. The molecule has 1 aromatic heterocycles. The normalized spacial score (nSPS) is 23.0. The lowest BCUT2D eigenvalue weighted by Gasteiger charge is -2.18. The summed E-state index contributed by atoms with van der Waals surface area (Å²) in [4.78, 5) is 12.5. The monoisotopic (exact) mass is 442 g/mol. The first-order chi connectivity index (χ1) is 14.5. The summed E-state index contributed by atoms with van der Waals surface area (Å²) >= 11 is 7.87. The van der Waals surface area contributed by atoms with Crippen molar-refractivity contribution in [3.05, 3.63) is 69.9 Å². The lowest BCUT2D eigenvalue weighted by molar-refractivity contribution is 0.0702. The van der Waals surface area contributed by atoms with Crippen molar-refractivity contribution >= 4 is 28.9 Å². The number of carbonyl (C=O) groups is 1. The molecule has 1 aliphatic rings. The van der Waals surface area contributed by atoms with Gasteiger partial charge in [-0.05, 0) is 74.3 Å². The zero-order valence-corrected chi connectivity index (χ0v) is 18.5. The molecule has 2 aromatic rings. The van der Waals surface area contributed by atoms with Gasteiger partial charge in [0.05, 0.1) is 12.0 Å². The van der Waals surface area contributed by atoms with Crippen molar-refractivity contribution in [3.8, 4) is 11.8 Å². The maximum Gasteiger partial charge on any atom is 0.345 e. The minimum Gasteiger partial charge on any atom is -0.477 e. The first-order valence-corrected chi connectivity index (χ1v) is 11.6. The number of allylic oxidation sites excluding steroid dienone is 1. The van der Waals surface area contributed by atoms with Crippen molar-refractivity contribution in [1.82, 2.24) is 0 Å². The van der Waals surface area contributed by atoms with Crippen molar-refractivity contribution in [2.24, 2.45) is 11.8 Å². The van der Waals surface area contributed by atoms with Gasteiger partial charge >= 0.3 is 5.97 Å². The number of rotatable bonds is 8. The predicted molar refractivity (Wildman–Crippen MR) is 123 cm³/mol. The van der Waals surface area contributed by atoms with E-state index in [0.29, 0.717) is 11.3 Å². The largest absolute Gasteiger partial charge is 0.477 e. The number of aliphatic hydroxyl groups excluding tert-OH is 1. The summed E-state index contributed by atoms with van der Waals surface area (Å²) in [6.07, 6.45) is 6.44. The van der Waals surface area contributed by atoms with E-state index in [0.717, 1.165) is 42.5 Å². The Labute approximate surface area is 187 Å². The number of thiophene rings is 1. The average molecular weight is 443 g/mol. The van der Waals surface area contributed by atoms with E-state index in [9.17, 15) is 9.90 Å². The summed E-state index contributed by atoms with van der Waals surface area (Å²) in [6.45, 7) is 3.77. The fourth-order valence-corrected chi connectivity index (χ4v) is 5.36. The van der Waals surface area contributed by atoms with Gasteiger partial charge in [0.1, 0.15) is 4.88 Å². The van der Waals surface area contributed by atoms with Gasteiger partial charge in [0, 0.05) is 15.8 Å². The van der Waals surface area contributed by atoms with Gasteiger partial charge in [-0.2, -0.15) is 0 Å². The molecular formula is C25H27ClO3S. The molecule has 0 saturated heterocycles. The molecule has 0 bridgehead atoms. The number of hydrogen-bond donors (Lipinski definition) is 2. The Morgan fingerprint density at radius 3 is 2.87 bits per heavy atom. The van der Waals surface area contributed by atoms with Crippen LogP contribution in [0, 0.1) is 23.7 Å². The van der Waals surface area contributed by atoms with E-state index < -0.39 is 12.1 Å². The number of benzene rings is 1. The Morgan fingerprint density at radius 1 is 1.30 bits per heavy atom. The molecule has 1 saturated carbocycles. The summed E-state index contributed by atoms with van der Waals surface area (Å²) in [5.41, 5.74) is 2.19. The number of aliphatic hydroxyl groups is 1. The van der Waals surface area contributed by atoms with Gasteiger partial charge < -0.3 is 10.2 Å². The topological polar surface area (TPSA) is 57.5 Å². The minimum atomic E-state index is -0.880. The van der Waals surface area contributed by atoms with Crippen molar-refractivity contribution in [2.75, 3.05) is 0 Å². The van der Waals surface area contributed by atoms with Crippen LogP contribution >= 0.6 is 22.9 Å². The molecule has 0 radical (unpaired) electrons. The third-order valence-electron chi connectivity index (χ3n) is 5.59. The number of carboxylic acids is 1. The smallest absolute Gasteiger partial charge is 0.345 e. The van der Waals surface area contributed by atoms with Crippen LogP contribution in [0.5, 0.6) is 0 Å². The molecule has 1 aliphatic carbocycles. The fraction of sp³-hybridized carbons (Fsp3) is 0.400. The average Bonchev–Trinajstić information content (AvgIpc) is 3.30. The quantitative estimate of drug-likeness (QED) is 0.320. The highest BCUT2D eigenvalue weighted by Gasteiger charge is 2.40. The second-order valence-corrected chi connectivity index (χ2v) is 9.50. The predicted octanol–water partition coefficient (Wildman–Crippen LogP) is 5.54. The lowest BCUT2D eigenvalue weighted by atomic mass is 9.90. The molecule has 30 heavy (non-hydrogen) atoms. The molecule has 3 rings (SSSR count). The molecule has 3 nitrogen and oxygen atoms in total. The van der Waals surface area contributed by atoms with Gasteiger partial charge in [0.25, 0.3) is 0 Å². The van der Waals surface area contributed by atoms with Gasteiger partial charge in [-0.1, -0.05) is 30.0 Å². The summed E-state index contributed by atoms with van der Waals surface area (Å²) in [7, 11) is 0. The zero-order chi connectivity index (χ0) is 21.5. The number of halogens is 1. The number of carboxylic acid groups (broad SMARTS) is 1. The highest BCUT2D eigenvalue weighted by Crippen LogP contribution is 2.39. The second kappa shape index (κ2) is 10.8. The lowest BCUT2D eigenvalue weighted by Crippen LogP contribution is -2.19. The van der Waals surface area contributed by atoms with E-state index in [-0.39, 0.29) is 17.2 Å². The molecule has 1 heterocycles. The van der Waals surface area contributed by atoms with Crippen LogP contribution in [0.4, 0.5) is 0 Å². The molecule has 1 aromatic carbocycles. The molecule has 0 spiro atoms. The number of aromatic carboxylic acids is 1. The van der Waals surface area contributed by atoms with Crippen LogP contribution in [-0.2, 0) is 12.8 Å². The molecule has 0 amide bonds. The molecule has 158 valence electrons. The van der Waals surface area contributed by atoms with Crippen molar-refractivity contribution in [3.63, 3.8) is 0 Å². The highest BCUT2D eigenvalue weighted by molar-refractivity contribution is 7.13. The van der Waals surface area contributed by atoms with E-state index in [2.05, 4.69) is 30.6 Å². The molecule has 2 N–H and O–H groups in total. The van der Waals surface area contributed by atoms with Gasteiger partial charge in [-0.25, -0.2) is 4.79 Å². The highest BCUT2D eigenvalue weighted by atomic mass is 35.5. The van der Waals surface area contributed by atoms with Crippen molar-refractivity contribution < 1.29 is 15.0 Å². The standard InChI is InChI=1S/C25H27ClO3S/c1-2-3-6-17-7-4-8-18(15-17)11-13-21-20(22(26)16-23(21)27)10-5-9-19-12-14-24(30-19)25(28)29/h2,4,7-8,12,14-15,20-23,27H,1,3,5-6,9-10,16H2,(H,28,29)/t20-,21-,22-,23-/m1/s1. The van der Waals surface area contributed by atoms with Gasteiger partial charge in [-0.3, -0.25) is 0 Å². The maximum atomic E-state index is 11.0. The van der Waals surface area contributed by atoms with Crippen LogP contribution < -0.4 is 0 Å².